The van der Waals surface area contributed by atoms with Gasteiger partial charge in [0, 0.05) is 19.0 Å². The molecular formula is C17H23N3O5S. The lowest BCUT2D eigenvalue weighted by atomic mass is 10.1. The van der Waals surface area contributed by atoms with E-state index in [1.807, 2.05) is 17.5 Å². The lowest BCUT2D eigenvalue weighted by molar-refractivity contribution is -0.124. The summed E-state index contributed by atoms with van der Waals surface area (Å²) in [6, 6.07) is 3.66. The standard InChI is InChI=1S/C17H23N3O5S/c21-13(19-9-3-4-9)7-10-6-11-16(24-10)15(22)12(25-11)8-18-17(23)20-14-2-1-5-26-14/h1-2,5,9-12,15-16,22H,3-4,6-8H2,(H,19,21)(H2,18,20,23). The molecule has 3 amide bonds. The quantitative estimate of drug-likeness (QED) is 0.584. The second-order valence-electron chi connectivity index (χ2n) is 7.02. The third-order valence-electron chi connectivity index (χ3n) is 4.86. The van der Waals surface area contributed by atoms with Gasteiger partial charge in [0.15, 0.2) is 0 Å². The summed E-state index contributed by atoms with van der Waals surface area (Å²) in [6.07, 6.45) is 0.742. The van der Waals surface area contributed by atoms with Crippen LogP contribution in [-0.4, -0.2) is 60.2 Å². The molecule has 1 aromatic rings. The summed E-state index contributed by atoms with van der Waals surface area (Å²) in [4.78, 5) is 23.7. The summed E-state index contributed by atoms with van der Waals surface area (Å²) in [6.45, 7) is 0.196. The van der Waals surface area contributed by atoms with Gasteiger partial charge in [-0.3, -0.25) is 10.1 Å². The predicted octanol–water partition coefficient (Wildman–Crippen LogP) is 0.824. The first-order chi connectivity index (χ1) is 12.6. The fourth-order valence-corrected chi connectivity index (χ4v) is 4.04. The molecule has 1 aromatic heterocycles. The van der Waals surface area contributed by atoms with Gasteiger partial charge in [0.25, 0.3) is 0 Å². The number of urea groups is 1. The van der Waals surface area contributed by atoms with Crippen LogP contribution < -0.4 is 16.0 Å². The van der Waals surface area contributed by atoms with E-state index in [9.17, 15) is 14.7 Å². The van der Waals surface area contributed by atoms with Crippen LogP contribution in [0.2, 0.25) is 0 Å². The number of hydrogen-bond donors (Lipinski definition) is 4. The molecule has 8 nitrogen and oxygen atoms in total. The lowest BCUT2D eigenvalue weighted by Gasteiger charge is -2.20. The number of hydrogen-bond acceptors (Lipinski definition) is 6. The van der Waals surface area contributed by atoms with E-state index < -0.39 is 18.3 Å². The van der Waals surface area contributed by atoms with E-state index in [2.05, 4.69) is 16.0 Å². The molecule has 5 unspecified atom stereocenters. The first-order valence-corrected chi connectivity index (χ1v) is 9.83. The number of carbonyl (C=O) groups is 2. The molecule has 2 aliphatic heterocycles. The van der Waals surface area contributed by atoms with E-state index in [1.54, 1.807) is 0 Å². The van der Waals surface area contributed by atoms with Gasteiger partial charge in [-0.05, 0) is 30.4 Å². The Balaban J connectivity index is 1.20. The summed E-state index contributed by atoms with van der Waals surface area (Å²) in [7, 11) is 0. The van der Waals surface area contributed by atoms with Gasteiger partial charge >= 0.3 is 6.03 Å². The van der Waals surface area contributed by atoms with E-state index >= 15 is 0 Å². The molecule has 0 aromatic carbocycles. The first-order valence-electron chi connectivity index (χ1n) is 8.95. The third-order valence-corrected chi connectivity index (χ3v) is 5.64. The molecule has 1 saturated carbocycles. The minimum atomic E-state index is -0.821. The van der Waals surface area contributed by atoms with Gasteiger partial charge in [0.05, 0.1) is 23.6 Å². The van der Waals surface area contributed by atoms with Crippen molar-refractivity contribution in [3.8, 4) is 0 Å². The summed E-state index contributed by atoms with van der Waals surface area (Å²) >= 11 is 1.43. The van der Waals surface area contributed by atoms with Crippen LogP contribution in [0.25, 0.3) is 0 Å². The SMILES string of the molecule is O=C(CC1CC2OC(CNC(=O)Nc3cccs3)C(O)C2O1)NC1CC1. The molecule has 5 atom stereocenters. The predicted molar refractivity (Wildman–Crippen MR) is 95.1 cm³/mol. The van der Waals surface area contributed by atoms with Gasteiger partial charge in [0.1, 0.15) is 18.3 Å². The van der Waals surface area contributed by atoms with E-state index in [4.69, 9.17) is 9.47 Å². The van der Waals surface area contributed by atoms with E-state index in [1.165, 1.54) is 11.3 Å². The van der Waals surface area contributed by atoms with E-state index in [0.717, 1.165) is 17.8 Å². The molecule has 26 heavy (non-hydrogen) atoms. The highest BCUT2D eigenvalue weighted by molar-refractivity contribution is 7.14. The molecule has 142 valence electrons. The third kappa shape index (κ3) is 4.17. The monoisotopic (exact) mass is 381 g/mol. The van der Waals surface area contributed by atoms with Gasteiger partial charge < -0.3 is 25.2 Å². The average molecular weight is 381 g/mol. The zero-order valence-corrected chi connectivity index (χ0v) is 15.0. The van der Waals surface area contributed by atoms with Crippen molar-refractivity contribution in [1.82, 2.24) is 10.6 Å². The van der Waals surface area contributed by atoms with Gasteiger partial charge in [-0.15, -0.1) is 11.3 Å². The highest BCUT2D eigenvalue weighted by atomic mass is 32.1. The summed E-state index contributed by atoms with van der Waals surface area (Å²) in [5.41, 5.74) is 0. The molecule has 3 fully saturated rings. The number of thiophene rings is 1. The Bertz CT molecular complexity index is 651. The zero-order valence-electron chi connectivity index (χ0n) is 14.2. The molecule has 3 aliphatic rings. The minimum Gasteiger partial charge on any atom is -0.388 e. The Kier molecular flexibility index (Phi) is 5.12. The first kappa shape index (κ1) is 17.7. The average Bonchev–Trinajstić information content (AvgIpc) is 3.00. The van der Waals surface area contributed by atoms with Gasteiger partial charge in [-0.1, -0.05) is 0 Å². The lowest BCUT2D eigenvalue weighted by Crippen LogP contribution is -2.42. The van der Waals surface area contributed by atoms with Crippen LogP contribution in [0, 0.1) is 0 Å². The van der Waals surface area contributed by atoms with E-state index in [0.29, 0.717) is 18.9 Å². The number of rotatable bonds is 6. The van der Waals surface area contributed by atoms with Crippen molar-refractivity contribution < 1.29 is 24.2 Å². The maximum Gasteiger partial charge on any atom is 0.319 e. The summed E-state index contributed by atoms with van der Waals surface area (Å²) < 4.78 is 11.7. The van der Waals surface area contributed by atoms with Crippen molar-refractivity contribution in [2.45, 2.75) is 62.2 Å². The fraction of sp³-hybridized carbons (Fsp3) is 0.647. The molecule has 0 spiro atoms. The fourth-order valence-electron chi connectivity index (χ4n) is 3.43. The highest BCUT2D eigenvalue weighted by Gasteiger charge is 2.50. The number of anilines is 1. The Hall–Kier alpha value is -1.68. The second-order valence-corrected chi connectivity index (χ2v) is 7.97. The van der Waals surface area contributed by atoms with Crippen LogP contribution in [0.4, 0.5) is 9.80 Å². The number of carbonyl (C=O) groups excluding carboxylic acids is 2. The normalized spacial score (nSPS) is 32.9. The van der Waals surface area contributed by atoms with Crippen LogP contribution >= 0.6 is 11.3 Å². The van der Waals surface area contributed by atoms with Crippen molar-refractivity contribution in [1.29, 1.82) is 0 Å². The Morgan fingerprint density at radius 1 is 1.31 bits per heavy atom. The van der Waals surface area contributed by atoms with Crippen LogP contribution in [0.1, 0.15) is 25.7 Å². The number of fused-ring (bicyclic) bond motifs is 1. The van der Waals surface area contributed by atoms with Crippen LogP contribution in [0.5, 0.6) is 0 Å². The Labute approximate surface area is 155 Å². The molecule has 0 radical (unpaired) electrons. The maximum atomic E-state index is 11.9. The van der Waals surface area contributed by atoms with Gasteiger partial charge in [-0.25, -0.2) is 4.79 Å². The van der Waals surface area contributed by atoms with Crippen LogP contribution in [0.15, 0.2) is 17.5 Å². The van der Waals surface area contributed by atoms with Crippen molar-refractivity contribution in [3.05, 3.63) is 17.5 Å². The molecular weight excluding hydrogens is 358 g/mol. The molecule has 2 saturated heterocycles. The molecule has 4 rings (SSSR count). The Morgan fingerprint density at radius 3 is 2.85 bits per heavy atom. The van der Waals surface area contributed by atoms with Gasteiger partial charge in [0.2, 0.25) is 5.91 Å². The zero-order chi connectivity index (χ0) is 18.1. The topological polar surface area (TPSA) is 109 Å². The van der Waals surface area contributed by atoms with Crippen molar-refractivity contribution in [3.63, 3.8) is 0 Å². The van der Waals surface area contributed by atoms with Crippen molar-refractivity contribution in [2.24, 2.45) is 0 Å². The van der Waals surface area contributed by atoms with Gasteiger partial charge in [-0.2, -0.15) is 0 Å². The second kappa shape index (κ2) is 7.51. The molecule has 4 N–H and O–H groups in total. The molecule has 3 heterocycles. The number of nitrogens with one attached hydrogen (secondary N) is 3. The van der Waals surface area contributed by atoms with E-state index in [-0.39, 0.29) is 30.7 Å². The maximum absolute atomic E-state index is 11.9. The molecule has 0 bridgehead atoms. The molecule has 9 heteroatoms. The largest absolute Gasteiger partial charge is 0.388 e. The van der Waals surface area contributed by atoms with Crippen molar-refractivity contribution in [2.75, 3.05) is 11.9 Å². The molecule has 1 aliphatic carbocycles. The van der Waals surface area contributed by atoms with Crippen LogP contribution in [0.3, 0.4) is 0 Å². The van der Waals surface area contributed by atoms with Crippen LogP contribution in [-0.2, 0) is 14.3 Å². The number of aliphatic hydroxyl groups is 1. The Morgan fingerprint density at radius 2 is 2.15 bits per heavy atom. The number of ether oxygens (including phenoxy) is 2. The number of aliphatic hydroxyl groups excluding tert-OH is 1. The van der Waals surface area contributed by atoms with Crippen molar-refractivity contribution >= 4 is 28.3 Å². The smallest absolute Gasteiger partial charge is 0.319 e. The highest BCUT2D eigenvalue weighted by Crippen LogP contribution is 2.35. The summed E-state index contributed by atoms with van der Waals surface area (Å²) in [5.74, 6) is -0.00423. The number of amides is 3. The summed E-state index contributed by atoms with van der Waals surface area (Å²) in [5, 5.41) is 21.4. The minimum absolute atomic E-state index is 0.00423.